The minimum absolute atomic E-state index is 0.0178. The number of carbonyl (C=O) groups excluding carboxylic acids is 1. The summed E-state index contributed by atoms with van der Waals surface area (Å²) < 4.78 is -2.03. The Kier molecular flexibility index (Phi) is 4.27. The first-order valence-corrected chi connectivity index (χ1v) is 5.29. The highest BCUT2D eigenvalue weighted by molar-refractivity contribution is 6.68. The molecule has 0 aliphatic rings. The molecule has 7 heteroatoms. The third-order valence-electron chi connectivity index (χ3n) is 1.73. The van der Waals surface area contributed by atoms with E-state index in [4.69, 9.17) is 34.8 Å². The second-order valence-electron chi connectivity index (χ2n) is 2.93. The summed E-state index contributed by atoms with van der Waals surface area (Å²) in [6.07, 6.45) is -1.66. The van der Waals surface area contributed by atoms with Crippen LogP contribution in [0.2, 0.25) is 0 Å². The molecular weight excluding hydrogens is 276 g/mol. The molecule has 3 N–H and O–H groups in total. The van der Waals surface area contributed by atoms with Gasteiger partial charge in [-0.05, 0) is 12.1 Å². The van der Waals surface area contributed by atoms with E-state index in [1.807, 2.05) is 5.32 Å². The van der Waals surface area contributed by atoms with Gasteiger partial charge >= 0.3 is 0 Å². The quantitative estimate of drug-likeness (QED) is 0.573. The highest BCUT2D eigenvalue weighted by Crippen LogP contribution is 2.29. The number of para-hydroxylation sites is 1. The first-order valence-electron chi connectivity index (χ1n) is 4.16. The highest BCUT2D eigenvalue weighted by atomic mass is 35.6. The number of aliphatic hydroxyl groups excluding tert-OH is 1. The zero-order chi connectivity index (χ0) is 12.3. The van der Waals surface area contributed by atoms with Gasteiger partial charge in [0.15, 0.2) is 6.23 Å². The van der Waals surface area contributed by atoms with Crippen LogP contribution < -0.4 is 5.32 Å². The summed E-state index contributed by atoms with van der Waals surface area (Å²) in [5, 5.41) is 20.7. The number of alkyl halides is 3. The Labute approximate surface area is 107 Å². The lowest BCUT2D eigenvalue weighted by molar-refractivity contribution is 0.0789. The molecule has 0 fully saturated rings. The van der Waals surface area contributed by atoms with E-state index in [2.05, 4.69) is 0 Å². The lowest BCUT2D eigenvalue weighted by Gasteiger charge is -2.20. The molecule has 0 aromatic heterocycles. The zero-order valence-electron chi connectivity index (χ0n) is 7.82. The summed E-state index contributed by atoms with van der Waals surface area (Å²) in [6, 6.07) is 5.81. The summed E-state index contributed by atoms with van der Waals surface area (Å²) in [4.78, 5) is 11.5. The minimum Gasteiger partial charge on any atom is -0.507 e. The van der Waals surface area contributed by atoms with Gasteiger partial charge in [0.05, 0.1) is 5.56 Å². The van der Waals surface area contributed by atoms with Crippen LogP contribution in [0.25, 0.3) is 0 Å². The molecule has 0 spiro atoms. The largest absolute Gasteiger partial charge is 0.507 e. The molecule has 0 aliphatic heterocycles. The van der Waals surface area contributed by atoms with E-state index in [1.54, 1.807) is 12.1 Å². The van der Waals surface area contributed by atoms with Crippen molar-refractivity contribution in [3.8, 4) is 5.75 Å². The van der Waals surface area contributed by atoms with E-state index in [-0.39, 0.29) is 11.3 Å². The van der Waals surface area contributed by atoms with Crippen LogP contribution in [-0.4, -0.2) is 26.1 Å². The van der Waals surface area contributed by atoms with Gasteiger partial charge in [-0.15, -0.1) is 0 Å². The Morgan fingerprint density at radius 1 is 1.31 bits per heavy atom. The molecule has 1 amide bonds. The molecule has 1 atom stereocenters. The van der Waals surface area contributed by atoms with Crippen molar-refractivity contribution in [1.29, 1.82) is 0 Å². The third-order valence-corrected chi connectivity index (χ3v) is 2.35. The molecular formula is C9H8Cl3NO3. The molecule has 1 aromatic rings. The molecule has 1 rings (SSSR count). The van der Waals surface area contributed by atoms with E-state index in [9.17, 15) is 15.0 Å². The van der Waals surface area contributed by atoms with Gasteiger partial charge < -0.3 is 15.5 Å². The Balaban J connectivity index is 2.78. The number of hydrogen-bond acceptors (Lipinski definition) is 3. The molecule has 88 valence electrons. The van der Waals surface area contributed by atoms with E-state index >= 15 is 0 Å². The second kappa shape index (κ2) is 5.10. The highest BCUT2D eigenvalue weighted by Gasteiger charge is 2.32. The SMILES string of the molecule is O=C(N[C@@H](O)C(Cl)(Cl)Cl)c1ccccc1O. The zero-order valence-corrected chi connectivity index (χ0v) is 10.1. The van der Waals surface area contributed by atoms with Crippen molar-refractivity contribution >= 4 is 40.7 Å². The lowest BCUT2D eigenvalue weighted by atomic mass is 10.2. The van der Waals surface area contributed by atoms with Crippen LogP contribution in [0.15, 0.2) is 24.3 Å². The molecule has 1 aromatic carbocycles. The molecule has 0 saturated carbocycles. The number of aromatic hydroxyl groups is 1. The third kappa shape index (κ3) is 3.42. The lowest BCUT2D eigenvalue weighted by Crippen LogP contribution is -2.43. The van der Waals surface area contributed by atoms with E-state index in [0.29, 0.717) is 0 Å². The number of halogens is 3. The molecule has 0 radical (unpaired) electrons. The van der Waals surface area contributed by atoms with E-state index < -0.39 is 15.9 Å². The fourth-order valence-corrected chi connectivity index (χ4v) is 1.11. The van der Waals surface area contributed by atoms with Crippen LogP contribution in [0.4, 0.5) is 0 Å². The van der Waals surface area contributed by atoms with Crippen molar-refractivity contribution in [3.05, 3.63) is 29.8 Å². The molecule has 0 unspecified atom stereocenters. The predicted octanol–water partition coefficient (Wildman–Crippen LogP) is 1.81. The summed E-state index contributed by atoms with van der Waals surface area (Å²) in [5.74, 6) is -0.964. The average Bonchev–Trinajstić information content (AvgIpc) is 2.16. The van der Waals surface area contributed by atoms with Crippen LogP contribution >= 0.6 is 34.8 Å². The van der Waals surface area contributed by atoms with Crippen molar-refractivity contribution < 1.29 is 15.0 Å². The Hall–Kier alpha value is -0.680. The average molecular weight is 285 g/mol. The smallest absolute Gasteiger partial charge is 0.257 e. The van der Waals surface area contributed by atoms with Gasteiger partial charge in [-0.1, -0.05) is 46.9 Å². The molecule has 0 saturated heterocycles. The van der Waals surface area contributed by atoms with Gasteiger partial charge in [0.1, 0.15) is 5.75 Å². The van der Waals surface area contributed by atoms with Gasteiger partial charge in [0, 0.05) is 0 Å². The standard InChI is InChI=1S/C9H8Cl3NO3/c10-9(11,12)8(16)13-7(15)5-3-1-2-4-6(5)14/h1-4,8,14,16H,(H,13,15)/t8-/m0/s1. The Bertz CT molecular complexity index is 392. The maximum atomic E-state index is 11.5. The summed E-state index contributed by atoms with van der Waals surface area (Å²) in [5.41, 5.74) is -0.0178. The molecule has 4 nitrogen and oxygen atoms in total. The number of amides is 1. The second-order valence-corrected chi connectivity index (χ2v) is 5.30. The van der Waals surface area contributed by atoms with Crippen molar-refractivity contribution in [3.63, 3.8) is 0 Å². The van der Waals surface area contributed by atoms with Gasteiger partial charge in [-0.3, -0.25) is 4.79 Å². The Morgan fingerprint density at radius 3 is 2.38 bits per heavy atom. The number of carbonyl (C=O) groups is 1. The summed E-state index contributed by atoms with van der Waals surface area (Å²) >= 11 is 16.1. The normalized spacial score (nSPS) is 13.2. The number of rotatable bonds is 2. The number of benzene rings is 1. The molecule has 0 aliphatic carbocycles. The van der Waals surface area contributed by atoms with Gasteiger partial charge in [0.25, 0.3) is 5.91 Å². The topological polar surface area (TPSA) is 69.6 Å². The number of aliphatic hydroxyl groups is 1. The van der Waals surface area contributed by atoms with Crippen LogP contribution in [0.5, 0.6) is 5.75 Å². The van der Waals surface area contributed by atoms with Crippen molar-refractivity contribution in [2.24, 2.45) is 0 Å². The molecule has 0 bridgehead atoms. The number of phenolic OH excluding ortho intramolecular Hbond substituents is 1. The van der Waals surface area contributed by atoms with Gasteiger partial charge in [-0.25, -0.2) is 0 Å². The first kappa shape index (κ1) is 13.4. The first-order chi connectivity index (χ1) is 7.32. The van der Waals surface area contributed by atoms with Crippen molar-refractivity contribution in [1.82, 2.24) is 5.32 Å². The maximum Gasteiger partial charge on any atom is 0.257 e. The van der Waals surface area contributed by atoms with Crippen LogP contribution in [0, 0.1) is 0 Å². The molecule has 16 heavy (non-hydrogen) atoms. The van der Waals surface area contributed by atoms with Gasteiger partial charge in [-0.2, -0.15) is 0 Å². The summed E-state index contributed by atoms with van der Waals surface area (Å²) in [7, 11) is 0. The Morgan fingerprint density at radius 2 is 1.88 bits per heavy atom. The predicted molar refractivity (Wildman–Crippen MR) is 61.9 cm³/mol. The summed E-state index contributed by atoms with van der Waals surface area (Å²) in [6.45, 7) is 0. The van der Waals surface area contributed by atoms with Crippen molar-refractivity contribution in [2.75, 3.05) is 0 Å². The van der Waals surface area contributed by atoms with E-state index in [1.165, 1.54) is 12.1 Å². The maximum absolute atomic E-state index is 11.5. The molecule has 0 heterocycles. The number of nitrogens with one attached hydrogen (secondary N) is 1. The minimum atomic E-state index is -2.03. The fourth-order valence-electron chi connectivity index (χ4n) is 0.949. The van der Waals surface area contributed by atoms with Crippen molar-refractivity contribution in [2.45, 2.75) is 10.0 Å². The van der Waals surface area contributed by atoms with E-state index in [0.717, 1.165) is 0 Å². The van der Waals surface area contributed by atoms with Crippen LogP contribution in [0.1, 0.15) is 10.4 Å². The number of hydrogen-bond donors (Lipinski definition) is 3. The van der Waals surface area contributed by atoms with Crippen LogP contribution in [-0.2, 0) is 0 Å². The fraction of sp³-hybridized carbons (Fsp3) is 0.222. The van der Waals surface area contributed by atoms with Crippen LogP contribution in [0.3, 0.4) is 0 Å². The number of phenols is 1. The van der Waals surface area contributed by atoms with Gasteiger partial charge in [0.2, 0.25) is 3.79 Å². The monoisotopic (exact) mass is 283 g/mol.